The third-order valence-electron chi connectivity index (χ3n) is 4.04. The summed E-state index contributed by atoms with van der Waals surface area (Å²) in [7, 11) is 0. The number of carbonyl (C=O) groups excluding carboxylic acids is 1. The van der Waals surface area contributed by atoms with Gasteiger partial charge in [-0.05, 0) is 23.1 Å². The molecule has 1 heterocycles. The molecule has 6 nitrogen and oxygen atoms in total. The molecule has 136 valence electrons. The van der Waals surface area contributed by atoms with Gasteiger partial charge in [-0.3, -0.25) is 4.79 Å². The second-order valence-electron chi connectivity index (χ2n) is 6.37. The Kier molecular flexibility index (Phi) is 5.56. The third-order valence-corrected chi connectivity index (χ3v) is 4.04. The number of H-pyrrole nitrogens is 1. The number of aromatic amines is 1. The van der Waals surface area contributed by atoms with Crippen LogP contribution < -0.4 is 11.1 Å². The third kappa shape index (κ3) is 4.76. The summed E-state index contributed by atoms with van der Waals surface area (Å²) in [4.78, 5) is 30.4. The van der Waals surface area contributed by atoms with Crippen molar-refractivity contribution in [1.29, 1.82) is 0 Å². The Morgan fingerprint density at radius 3 is 2.48 bits per heavy atom. The van der Waals surface area contributed by atoms with Gasteiger partial charge in [-0.15, -0.1) is 0 Å². The predicted molar refractivity (Wildman–Crippen MR) is 106 cm³/mol. The fraction of sp³-hybridized carbons (Fsp3) is 0.143. The monoisotopic (exact) mass is 360 g/mol. The van der Waals surface area contributed by atoms with Gasteiger partial charge in [0.1, 0.15) is 5.69 Å². The van der Waals surface area contributed by atoms with E-state index in [-0.39, 0.29) is 5.69 Å². The molecular formula is C21H20N4O2. The molecule has 0 unspecified atom stereocenters. The lowest BCUT2D eigenvalue weighted by atomic mass is 10.0. The number of benzene rings is 2. The van der Waals surface area contributed by atoms with Crippen LogP contribution in [-0.4, -0.2) is 22.1 Å². The summed E-state index contributed by atoms with van der Waals surface area (Å²) in [6.07, 6.45) is 1.55. The number of aromatic nitrogens is 2. The van der Waals surface area contributed by atoms with Crippen molar-refractivity contribution in [1.82, 2.24) is 15.4 Å². The average molecular weight is 360 g/mol. The molecule has 0 aliphatic rings. The van der Waals surface area contributed by atoms with E-state index in [0.29, 0.717) is 11.6 Å². The average Bonchev–Trinajstić information content (AvgIpc) is 2.68. The summed E-state index contributed by atoms with van der Waals surface area (Å²) in [5.74, 6) is -0.0558. The molecule has 0 aliphatic heterocycles. The highest BCUT2D eigenvalue weighted by Crippen LogP contribution is 2.15. The molecule has 1 aromatic heterocycles. The van der Waals surface area contributed by atoms with E-state index < -0.39 is 11.6 Å². The maximum Gasteiger partial charge on any atom is 0.346 e. The maximum absolute atomic E-state index is 12.3. The maximum atomic E-state index is 12.3. The molecule has 0 bridgehead atoms. The van der Waals surface area contributed by atoms with E-state index in [4.69, 9.17) is 0 Å². The van der Waals surface area contributed by atoms with E-state index in [0.717, 1.165) is 11.1 Å². The van der Waals surface area contributed by atoms with Crippen molar-refractivity contribution in [3.63, 3.8) is 0 Å². The summed E-state index contributed by atoms with van der Waals surface area (Å²) >= 11 is 0. The molecule has 0 atom stereocenters. The molecule has 0 radical (unpaired) electrons. The molecule has 2 aromatic carbocycles. The molecule has 2 N–H and O–H groups in total. The zero-order chi connectivity index (χ0) is 19.2. The van der Waals surface area contributed by atoms with E-state index in [1.165, 1.54) is 11.6 Å². The number of hydrogen-bond acceptors (Lipinski definition) is 4. The summed E-state index contributed by atoms with van der Waals surface area (Å²) in [5, 5.41) is 3.96. The van der Waals surface area contributed by atoms with Crippen molar-refractivity contribution < 1.29 is 4.79 Å². The normalized spacial score (nSPS) is 11.1. The molecular weight excluding hydrogens is 340 g/mol. The highest BCUT2D eigenvalue weighted by molar-refractivity contribution is 5.93. The van der Waals surface area contributed by atoms with E-state index in [2.05, 4.69) is 34.3 Å². The van der Waals surface area contributed by atoms with Crippen molar-refractivity contribution in [3.05, 3.63) is 88.0 Å². The molecule has 1 amide bonds. The van der Waals surface area contributed by atoms with Gasteiger partial charge in [-0.2, -0.15) is 10.1 Å². The molecule has 0 saturated heterocycles. The summed E-state index contributed by atoms with van der Waals surface area (Å²) < 4.78 is 0. The number of nitrogens with one attached hydrogen (secondary N) is 2. The van der Waals surface area contributed by atoms with Crippen LogP contribution in [-0.2, 0) is 0 Å². The molecule has 0 spiro atoms. The van der Waals surface area contributed by atoms with Crippen molar-refractivity contribution >= 4 is 12.1 Å². The topological polar surface area (TPSA) is 87.2 Å². The van der Waals surface area contributed by atoms with Crippen LogP contribution in [0.25, 0.3) is 11.3 Å². The zero-order valence-electron chi connectivity index (χ0n) is 15.1. The standard InChI is InChI=1S/C21H20N4O2/c1-14(2)16-10-8-15(9-11-16)13-22-25-20(26)19-12-18(23-21(27)24-19)17-6-4-3-5-7-17/h3-14H,1-2H3,(H,25,26)(H,23,24,27)/b22-13+. The lowest BCUT2D eigenvalue weighted by Crippen LogP contribution is -2.24. The second kappa shape index (κ2) is 8.23. The van der Waals surface area contributed by atoms with Gasteiger partial charge in [0.25, 0.3) is 5.91 Å². The van der Waals surface area contributed by atoms with Crippen molar-refractivity contribution in [2.45, 2.75) is 19.8 Å². The summed E-state index contributed by atoms with van der Waals surface area (Å²) in [5.41, 5.74) is 5.22. The van der Waals surface area contributed by atoms with Gasteiger partial charge < -0.3 is 4.98 Å². The quantitative estimate of drug-likeness (QED) is 0.540. The molecule has 3 aromatic rings. The minimum atomic E-state index is -0.588. The van der Waals surface area contributed by atoms with E-state index in [9.17, 15) is 9.59 Å². The Morgan fingerprint density at radius 1 is 1.11 bits per heavy atom. The fourth-order valence-corrected chi connectivity index (χ4v) is 2.53. The number of rotatable bonds is 5. The minimum Gasteiger partial charge on any atom is -0.301 e. The van der Waals surface area contributed by atoms with E-state index >= 15 is 0 Å². The Bertz CT molecular complexity index is 1010. The SMILES string of the molecule is CC(C)c1ccc(/C=N/NC(=O)c2cc(-c3ccccc3)nc(=O)[nH]2)cc1. The molecule has 0 aliphatic carbocycles. The molecule has 3 rings (SSSR count). The van der Waals surface area contributed by atoms with E-state index in [1.54, 1.807) is 6.21 Å². The first-order valence-corrected chi connectivity index (χ1v) is 8.63. The zero-order valence-corrected chi connectivity index (χ0v) is 15.1. The van der Waals surface area contributed by atoms with Gasteiger partial charge in [0, 0.05) is 5.56 Å². The summed E-state index contributed by atoms with van der Waals surface area (Å²) in [6.45, 7) is 4.25. The van der Waals surface area contributed by atoms with Crippen LogP contribution in [0.4, 0.5) is 0 Å². The predicted octanol–water partition coefficient (Wildman–Crippen LogP) is 3.32. The minimum absolute atomic E-state index is 0.0983. The lowest BCUT2D eigenvalue weighted by Gasteiger charge is -2.05. The lowest BCUT2D eigenvalue weighted by molar-refractivity contribution is 0.0949. The Balaban J connectivity index is 1.72. The number of carbonyl (C=O) groups is 1. The van der Waals surface area contributed by atoms with Crippen LogP contribution in [0.1, 0.15) is 41.4 Å². The summed E-state index contributed by atoms with van der Waals surface area (Å²) in [6, 6.07) is 18.6. The number of hydrazone groups is 1. The molecule has 0 saturated carbocycles. The Hall–Kier alpha value is -3.54. The van der Waals surface area contributed by atoms with Crippen LogP contribution in [0.5, 0.6) is 0 Å². The second-order valence-corrected chi connectivity index (χ2v) is 6.37. The van der Waals surface area contributed by atoms with Gasteiger partial charge in [0.15, 0.2) is 0 Å². The highest BCUT2D eigenvalue weighted by atomic mass is 16.2. The molecule has 27 heavy (non-hydrogen) atoms. The first kappa shape index (κ1) is 18.3. The van der Waals surface area contributed by atoms with Gasteiger partial charge in [-0.25, -0.2) is 10.2 Å². The smallest absolute Gasteiger partial charge is 0.301 e. The first-order valence-electron chi connectivity index (χ1n) is 8.63. The van der Waals surface area contributed by atoms with E-state index in [1.807, 2.05) is 54.6 Å². The largest absolute Gasteiger partial charge is 0.346 e. The molecule has 0 fully saturated rings. The first-order chi connectivity index (χ1) is 13.0. The fourth-order valence-electron chi connectivity index (χ4n) is 2.53. The van der Waals surface area contributed by atoms with Crippen molar-refractivity contribution in [2.24, 2.45) is 5.10 Å². The number of amides is 1. The van der Waals surface area contributed by atoms with Gasteiger partial charge in [0.2, 0.25) is 0 Å². The number of nitrogens with zero attached hydrogens (tertiary/aromatic N) is 2. The Morgan fingerprint density at radius 2 is 1.81 bits per heavy atom. The van der Waals surface area contributed by atoms with Crippen LogP contribution in [0.15, 0.2) is 70.6 Å². The van der Waals surface area contributed by atoms with Crippen molar-refractivity contribution in [3.8, 4) is 11.3 Å². The van der Waals surface area contributed by atoms with Crippen LogP contribution in [0.2, 0.25) is 0 Å². The van der Waals surface area contributed by atoms with Crippen LogP contribution in [0.3, 0.4) is 0 Å². The van der Waals surface area contributed by atoms with Gasteiger partial charge in [-0.1, -0.05) is 68.4 Å². The molecule has 6 heteroatoms. The highest BCUT2D eigenvalue weighted by Gasteiger charge is 2.10. The van der Waals surface area contributed by atoms with Crippen molar-refractivity contribution in [2.75, 3.05) is 0 Å². The van der Waals surface area contributed by atoms with Crippen LogP contribution >= 0.6 is 0 Å². The number of hydrogen-bond donors (Lipinski definition) is 2. The van der Waals surface area contributed by atoms with Gasteiger partial charge >= 0.3 is 5.69 Å². The van der Waals surface area contributed by atoms with Crippen LogP contribution in [0, 0.1) is 0 Å². The Labute approximate surface area is 157 Å². The van der Waals surface area contributed by atoms with Gasteiger partial charge in [0.05, 0.1) is 11.9 Å².